The summed E-state index contributed by atoms with van der Waals surface area (Å²) in [5.41, 5.74) is 0. The third-order valence-corrected chi connectivity index (χ3v) is 3.17. The van der Waals surface area contributed by atoms with Crippen LogP contribution in [0.3, 0.4) is 0 Å². The molecule has 68 valence electrons. The van der Waals surface area contributed by atoms with Crippen LogP contribution in [0, 0.1) is 5.92 Å². The normalized spacial score (nSPS) is 15.9. The molecule has 0 aromatic carbocycles. The maximum absolute atomic E-state index is 10.5. The van der Waals surface area contributed by atoms with E-state index in [1.54, 1.807) is 13.0 Å². The summed E-state index contributed by atoms with van der Waals surface area (Å²) in [7, 11) is -4.12. The second-order valence-corrected chi connectivity index (χ2v) is 4.43. The minimum atomic E-state index is -4.12. The van der Waals surface area contributed by atoms with Gasteiger partial charge in [-0.2, -0.15) is 0 Å². The molecule has 0 amide bonds. The van der Waals surface area contributed by atoms with Gasteiger partial charge >= 0.3 is 29.6 Å². The van der Waals surface area contributed by atoms with Crippen molar-refractivity contribution in [2.24, 2.45) is 5.92 Å². The van der Waals surface area contributed by atoms with Gasteiger partial charge in [0.15, 0.2) is 0 Å². The van der Waals surface area contributed by atoms with E-state index in [1.807, 2.05) is 0 Å². The Kier molecular flexibility index (Phi) is 7.77. The van der Waals surface area contributed by atoms with Gasteiger partial charge in [-0.15, -0.1) is 6.58 Å². The van der Waals surface area contributed by atoms with Gasteiger partial charge < -0.3 is 5.98 Å². The van der Waals surface area contributed by atoms with Gasteiger partial charge in [-0.1, -0.05) is 13.0 Å². The van der Waals surface area contributed by atoms with E-state index < -0.39 is 15.4 Å². The Morgan fingerprint density at radius 2 is 2.00 bits per heavy atom. The molecule has 2 atom stereocenters. The summed E-state index contributed by atoms with van der Waals surface area (Å²) in [6.45, 7) is 6.62. The van der Waals surface area contributed by atoms with Crippen LogP contribution in [0.2, 0.25) is 0 Å². The van der Waals surface area contributed by atoms with Crippen LogP contribution < -0.4 is 29.6 Å². The van der Waals surface area contributed by atoms with Crippen LogP contribution in [0.1, 0.15) is 21.7 Å². The van der Waals surface area contributed by atoms with Crippen molar-refractivity contribution >= 4 is 10.1 Å². The van der Waals surface area contributed by atoms with Crippen molar-refractivity contribution in [2.75, 3.05) is 0 Å². The maximum atomic E-state index is 10.5. The Labute approximate surface area is 97.8 Å². The Morgan fingerprint density at radius 3 is 2.25 bits per heavy atom. The van der Waals surface area contributed by atoms with Crippen molar-refractivity contribution in [1.82, 2.24) is 0 Å². The van der Waals surface area contributed by atoms with Crippen LogP contribution in [0.25, 0.3) is 0 Å². The monoisotopic (exact) mass is 201 g/mol. The van der Waals surface area contributed by atoms with Crippen molar-refractivity contribution in [3.63, 3.8) is 0 Å². The maximum Gasteiger partial charge on any atom is 1.00 e. The largest absolute Gasteiger partial charge is 1.00 e. The SMILES string of the molecule is C=CC[C@H](C)[C@@H](C)S(=O)(=O)[O-].[H-].[Na+]. The van der Waals surface area contributed by atoms with Crippen molar-refractivity contribution in [2.45, 2.75) is 25.5 Å². The molecule has 0 saturated heterocycles. The Balaban J connectivity index is -0.000000500. The predicted octanol–water partition coefficient (Wildman–Crippen LogP) is -1.75. The molecule has 0 rings (SSSR count). The first-order valence-electron chi connectivity index (χ1n) is 3.45. The summed E-state index contributed by atoms with van der Waals surface area (Å²) < 4.78 is 31.4. The summed E-state index contributed by atoms with van der Waals surface area (Å²) in [5, 5.41) is -0.819. The minimum absolute atomic E-state index is 0. The van der Waals surface area contributed by atoms with E-state index in [9.17, 15) is 13.0 Å². The number of rotatable bonds is 4. The van der Waals surface area contributed by atoms with Crippen LogP contribution >= 0.6 is 0 Å². The molecule has 0 saturated carbocycles. The molecule has 0 fully saturated rings. The first-order chi connectivity index (χ1) is 4.89. The van der Waals surface area contributed by atoms with Gasteiger partial charge in [-0.25, -0.2) is 8.42 Å². The van der Waals surface area contributed by atoms with E-state index in [1.165, 1.54) is 6.92 Å². The fraction of sp³-hybridized carbons (Fsp3) is 0.714. The molecule has 5 heteroatoms. The fourth-order valence-corrected chi connectivity index (χ4v) is 1.42. The van der Waals surface area contributed by atoms with Crippen LogP contribution in [0.4, 0.5) is 0 Å². The molecular weight excluding hydrogens is 187 g/mol. The average molecular weight is 201 g/mol. The molecule has 0 radical (unpaired) electrons. The first kappa shape index (κ1) is 15.1. The van der Waals surface area contributed by atoms with Gasteiger partial charge in [-0.3, -0.25) is 0 Å². The molecule has 0 aromatic rings. The smallest absolute Gasteiger partial charge is 1.00 e. The molecule has 0 aliphatic carbocycles. The summed E-state index contributed by atoms with van der Waals surface area (Å²) in [4.78, 5) is 0. The van der Waals surface area contributed by atoms with E-state index in [-0.39, 0.29) is 36.9 Å². The minimum Gasteiger partial charge on any atom is -1.00 e. The van der Waals surface area contributed by atoms with E-state index in [0.717, 1.165) is 0 Å². The van der Waals surface area contributed by atoms with Crippen molar-refractivity contribution in [3.05, 3.63) is 12.7 Å². The van der Waals surface area contributed by atoms with E-state index in [0.29, 0.717) is 6.42 Å². The predicted molar refractivity (Wildman–Crippen MR) is 44.2 cm³/mol. The van der Waals surface area contributed by atoms with Gasteiger partial charge in [0.25, 0.3) is 0 Å². The van der Waals surface area contributed by atoms with Crippen LogP contribution in [0.15, 0.2) is 12.7 Å². The van der Waals surface area contributed by atoms with Crippen molar-refractivity contribution in [3.8, 4) is 0 Å². The molecule has 0 aliphatic heterocycles. The summed E-state index contributed by atoms with van der Waals surface area (Å²) in [6, 6.07) is 0. The fourth-order valence-electron chi connectivity index (χ4n) is 0.739. The van der Waals surface area contributed by atoms with Gasteiger partial charge in [0.1, 0.15) is 0 Å². The molecule has 12 heavy (non-hydrogen) atoms. The zero-order valence-corrected chi connectivity index (χ0v) is 10.6. The standard InChI is InChI=1S/C7H14O3S.Na.H/c1-4-5-6(2)7(3)11(8,9)10;;/h4,6-7H,1,5H2,2-3H3,(H,8,9,10);;/q;+1;-1/p-1/t6-,7+;;/m0../s1. The Hall–Kier alpha value is 0.650. The summed E-state index contributed by atoms with van der Waals surface area (Å²) in [6.07, 6.45) is 2.18. The summed E-state index contributed by atoms with van der Waals surface area (Å²) >= 11 is 0. The summed E-state index contributed by atoms with van der Waals surface area (Å²) in [5.74, 6) is -0.144. The third-order valence-electron chi connectivity index (χ3n) is 1.80. The molecule has 0 unspecified atom stereocenters. The molecule has 0 N–H and O–H groups in total. The molecular formula is C7H14NaO3S-. The Bertz CT molecular complexity index is 228. The molecule has 0 heterocycles. The van der Waals surface area contributed by atoms with Crippen molar-refractivity contribution in [1.29, 1.82) is 0 Å². The number of hydrogen-bond acceptors (Lipinski definition) is 3. The van der Waals surface area contributed by atoms with E-state index >= 15 is 0 Å². The van der Waals surface area contributed by atoms with E-state index in [2.05, 4.69) is 6.58 Å². The second-order valence-electron chi connectivity index (χ2n) is 2.70. The molecule has 0 spiro atoms. The van der Waals surface area contributed by atoms with E-state index in [4.69, 9.17) is 0 Å². The number of hydrogen-bond donors (Lipinski definition) is 0. The third kappa shape index (κ3) is 5.32. The van der Waals surface area contributed by atoms with Crippen molar-refractivity contribution < 1.29 is 44.0 Å². The van der Waals surface area contributed by atoms with Gasteiger partial charge in [-0.05, 0) is 19.3 Å². The molecule has 0 aromatic heterocycles. The van der Waals surface area contributed by atoms with Crippen LogP contribution in [-0.4, -0.2) is 18.2 Å². The zero-order valence-electron chi connectivity index (χ0n) is 8.78. The van der Waals surface area contributed by atoms with Crippen LogP contribution in [0.5, 0.6) is 0 Å². The topological polar surface area (TPSA) is 57.2 Å². The van der Waals surface area contributed by atoms with Crippen LogP contribution in [-0.2, 0) is 10.1 Å². The molecule has 0 aliphatic rings. The number of allylic oxidation sites excluding steroid dienone is 1. The van der Waals surface area contributed by atoms with Gasteiger partial charge in [0, 0.05) is 5.25 Å². The zero-order chi connectivity index (χ0) is 9.07. The molecule has 3 nitrogen and oxygen atoms in total. The second kappa shape index (κ2) is 6.16. The van der Waals surface area contributed by atoms with Gasteiger partial charge in [0.05, 0.1) is 10.1 Å². The quantitative estimate of drug-likeness (QED) is 0.308. The average Bonchev–Trinajstić information content (AvgIpc) is 1.85. The van der Waals surface area contributed by atoms with Gasteiger partial charge in [0.2, 0.25) is 0 Å². The Morgan fingerprint density at radius 1 is 1.58 bits per heavy atom. The first-order valence-corrected chi connectivity index (χ1v) is 4.92. The molecule has 0 bridgehead atoms.